The number of hydrogen-bond donors (Lipinski definition) is 1. The first-order valence-electron chi connectivity index (χ1n) is 4.43. The number of nitrogens with zero attached hydrogens (tertiary/aromatic N) is 1. The zero-order valence-electron chi connectivity index (χ0n) is 7.50. The molecule has 2 rings (SSSR count). The van der Waals surface area contributed by atoms with Gasteiger partial charge in [-0.2, -0.15) is 0 Å². The predicted molar refractivity (Wildman–Crippen MR) is 46.9 cm³/mol. The third-order valence-corrected chi connectivity index (χ3v) is 2.60. The van der Waals surface area contributed by atoms with Crippen molar-refractivity contribution in [3.63, 3.8) is 0 Å². The molecule has 0 fully saturated rings. The highest BCUT2D eigenvalue weighted by atomic mass is 19.1. The zero-order valence-corrected chi connectivity index (χ0v) is 7.50. The fourth-order valence-electron chi connectivity index (χ4n) is 1.80. The van der Waals surface area contributed by atoms with Crippen molar-refractivity contribution in [1.29, 1.82) is 0 Å². The van der Waals surface area contributed by atoms with Crippen LogP contribution in [0.4, 0.5) is 4.39 Å². The Morgan fingerprint density at radius 1 is 1.69 bits per heavy atom. The Morgan fingerprint density at radius 2 is 2.46 bits per heavy atom. The fourth-order valence-corrected chi connectivity index (χ4v) is 1.80. The molecule has 0 aromatic carbocycles. The Kier molecular flexibility index (Phi) is 1.84. The van der Waals surface area contributed by atoms with Gasteiger partial charge < -0.3 is 5.11 Å². The van der Waals surface area contributed by atoms with Crippen molar-refractivity contribution < 1.29 is 9.50 Å². The minimum Gasteiger partial charge on any atom is -0.387 e. The number of hydrogen-bond acceptors (Lipinski definition) is 2. The number of rotatable bonds is 0. The number of alkyl halides is 1. The van der Waals surface area contributed by atoms with Gasteiger partial charge >= 0.3 is 0 Å². The van der Waals surface area contributed by atoms with Crippen LogP contribution in [0.25, 0.3) is 0 Å². The Labute approximate surface area is 76.4 Å². The molecular formula is C10H12FNO. The lowest BCUT2D eigenvalue weighted by Gasteiger charge is -2.30. The van der Waals surface area contributed by atoms with E-state index < -0.39 is 11.8 Å². The molecule has 1 aromatic rings. The lowest BCUT2D eigenvalue weighted by atomic mass is 9.83. The zero-order chi connectivity index (χ0) is 9.47. The summed E-state index contributed by atoms with van der Waals surface area (Å²) in [5.41, 5.74) is -0.296. The second kappa shape index (κ2) is 2.77. The van der Waals surface area contributed by atoms with Gasteiger partial charge in [0.2, 0.25) is 0 Å². The van der Waals surface area contributed by atoms with E-state index in [1.165, 1.54) is 0 Å². The summed E-state index contributed by atoms with van der Waals surface area (Å²) in [5, 5.41) is 9.56. The van der Waals surface area contributed by atoms with Crippen molar-refractivity contribution in [1.82, 2.24) is 4.98 Å². The van der Waals surface area contributed by atoms with Gasteiger partial charge in [-0.25, -0.2) is 4.39 Å². The maximum atomic E-state index is 13.9. The number of halogens is 1. The standard InChI is InChI=1S/C10H12FNO/c1-10(11)5-4-8(13)9-7(10)3-2-6-12-9/h2-3,6,8,13H,4-5H2,1H3/t8-,10-/m0/s1. The molecule has 1 aliphatic rings. The van der Waals surface area contributed by atoms with Gasteiger partial charge in [0.25, 0.3) is 0 Å². The van der Waals surface area contributed by atoms with Crippen LogP contribution in [0.3, 0.4) is 0 Å². The van der Waals surface area contributed by atoms with Crippen LogP contribution in [0.1, 0.15) is 37.1 Å². The Hall–Kier alpha value is -0.960. The first-order chi connectivity index (χ1) is 6.11. The molecule has 1 N–H and O–H groups in total. The van der Waals surface area contributed by atoms with Gasteiger partial charge in [0, 0.05) is 11.8 Å². The molecule has 70 valence electrons. The monoisotopic (exact) mass is 181 g/mol. The average Bonchev–Trinajstić information content (AvgIpc) is 2.13. The molecule has 0 bridgehead atoms. The van der Waals surface area contributed by atoms with Gasteiger partial charge in [-0.3, -0.25) is 4.98 Å². The minimum absolute atomic E-state index is 0.368. The van der Waals surface area contributed by atoms with Gasteiger partial charge in [0.1, 0.15) is 5.67 Å². The highest BCUT2D eigenvalue weighted by Crippen LogP contribution is 2.41. The summed E-state index contributed by atoms with van der Waals surface area (Å²) in [5.74, 6) is 0. The second-order valence-corrected chi connectivity index (χ2v) is 3.69. The van der Waals surface area contributed by atoms with Crippen LogP contribution in [-0.4, -0.2) is 10.1 Å². The number of aromatic nitrogens is 1. The van der Waals surface area contributed by atoms with Crippen LogP contribution >= 0.6 is 0 Å². The highest BCUT2D eigenvalue weighted by molar-refractivity contribution is 5.30. The van der Waals surface area contributed by atoms with Crippen molar-refractivity contribution in [3.8, 4) is 0 Å². The lowest BCUT2D eigenvalue weighted by Crippen LogP contribution is -2.25. The van der Waals surface area contributed by atoms with Crippen LogP contribution in [0.2, 0.25) is 0 Å². The molecule has 1 aromatic heterocycles. The summed E-state index contributed by atoms with van der Waals surface area (Å²) < 4.78 is 13.9. The molecule has 1 heterocycles. The molecule has 0 amide bonds. The van der Waals surface area contributed by atoms with Crippen molar-refractivity contribution >= 4 is 0 Å². The van der Waals surface area contributed by atoms with Gasteiger partial charge in [0.15, 0.2) is 0 Å². The molecule has 2 atom stereocenters. The third kappa shape index (κ3) is 1.33. The van der Waals surface area contributed by atoms with Crippen LogP contribution in [-0.2, 0) is 5.67 Å². The molecule has 0 saturated carbocycles. The molecule has 0 unspecified atom stereocenters. The minimum atomic E-state index is -1.33. The quantitative estimate of drug-likeness (QED) is 0.664. The highest BCUT2D eigenvalue weighted by Gasteiger charge is 2.36. The lowest BCUT2D eigenvalue weighted by molar-refractivity contribution is 0.0808. The smallest absolute Gasteiger partial charge is 0.135 e. The molecule has 1 aliphatic carbocycles. The Morgan fingerprint density at radius 3 is 3.15 bits per heavy atom. The van der Waals surface area contributed by atoms with Crippen LogP contribution < -0.4 is 0 Å². The fraction of sp³-hybridized carbons (Fsp3) is 0.500. The van der Waals surface area contributed by atoms with E-state index >= 15 is 0 Å². The maximum absolute atomic E-state index is 13.9. The van der Waals surface area contributed by atoms with Crippen LogP contribution in [0.15, 0.2) is 18.3 Å². The van der Waals surface area contributed by atoms with Crippen molar-refractivity contribution in [2.45, 2.75) is 31.5 Å². The van der Waals surface area contributed by atoms with Gasteiger partial charge in [-0.15, -0.1) is 0 Å². The van der Waals surface area contributed by atoms with E-state index in [0.29, 0.717) is 24.1 Å². The largest absolute Gasteiger partial charge is 0.387 e. The Bertz CT molecular complexity index is 324. The van der Waals surface area contributed by atoms with Gasteiger partial charge in [-0.05, 0) is 25.8 Å². The van der Waals surface area contributed by atoms with E-state index in [1.54, 1.807) is 25.3 Å². The van der Waals surface area contributed by atoms with E-state index in [0.717, 1.165) is 0 Å². The van der Waals surface area contributed by atoms with Crippen LogP contribution in [0, 0.1) is 0 Å². The SMILES string of the molecule is C[C@]1(F)CC[C@H](O)c2ncccc21. The average molecular weight is 181 g/mol. The summed E-state index contributed by atoms with van der Waals surface area (Å²) in [7, 11) is 0. The van der Waals surface area contributed by atoms with E-state index in [4.69, 9.17) is 0 Å². The van der Waals surface area contributed by atoms with E-state index in [9.17, 15) is 9.50 Å². The second-order valence-electron chi connectivity index (χ2n) is 3.69. The molecule has 0 spiro atoms. The van der Waals surface area contributed by atoms with E-state index in [2.05, 4.69) is 4.98 Å². The molecule has 2 nitrogen and oxygen atoms in total. The molecule has 13 heavy (non-hydrogen) atoms. The maximum Gasteiger partial charge on any atom is 0.135 e. The summed E-state index contributed by atoms with van der Waals surface area (Å²) in [4.78, 5) is 4.01. The molecule has 0 radical (unpaired) electrons. The molecule has 3 heteroatoms. The molecular weight excluding hydrogens is 169 g/mol. The Balaban J connectivity index is 2.55. The number of fused-ring (bicyclic) bond motifs is 1. The summed E-state index contributed by atoms with van der Waals surface area (Å²) in [6, 6.07) is 3.40. The van der Waals surface area contributed by atoms with Gasteiger partial charge in [0.05, 0.1) is 11.8 Å². The number of aliphatic hydroxyl groups excluding tert-OH is 1. The first kappa shape index (κ1) is 8.63. The van der Waals surface area contributed by atoms with E-state index in [1.807, 2.05) is 0 Å². The predicted octanol–water partition coefficient (Wildman–Crippen LogP) is 2.09. The van der Waals surface area contributed by atoms with Crippen molar-refractivity contribution in [2.24, 2.45) is 0 Å². The molecule has 0 saturated heterocycles. The normalized spacial score (nSPS) is 32.7. The summed E-state index contributed by atoms with van der Waals surface area (Å²) >= 11 is 0. The van der Waals surface area contributed by atoms with Gasteiger partial charge in [-0.1, -0.05) is 6.07 Å². The summed E-state index contributed by atoms with van der Waals surface area (Å²) in [6.45, 7) is 1.54. The topological polar surface area (TPSA) is 33.1 Å². The number of aliphatic hydroxyl groups is 1. The van der Waals surface area contributed by atoms with Crippen LogP contribution in [0.5, 0.6) is 0 Å². The van der Waals surface area contributed by atoms with Crippen molar-refractivity contribution in [2.75, 3.05) is 0 Å². The summed E-state index contributed by atoms with van der Waals surface area (Å²) in [6.07, 6.45) is 1.81. The third-order valence-electron chi connectivity index (χ3n) is 2.60. The number of pyridine rings is 1. The van der Waals surface area contributed by atoms with Crippen molar-refractivity contribution in [3.05, 3.63) is 29.6 Å². The first-order valence-corrected chi connectivity index (χ1v) is 4.43. The van der Waals surface area contributed by atoms with E-state index in [-0.39, 0.29) is 0 Å². The molecule has 0 aliphatic heterocycles.